The Labute approximate surface area is 208 Å². The van der Waals surface area contributed by atoms with Crippen LogP contribution in [0.1, 0.15) is 5.56 Å². The first kappa shape index (κ1) is 23.5. The Kier molecular flexibility index (Phi) is 6.90. The van der Waals surface area contributed by atoms with Crippen molar-refractivity contribution in [1.29, 1.82) is 0 Å². The largest absolute Gasteiger partial charge is 0.367 e. The fourth-order valence-corrected chi connectivity index (χ4v) is 4.58. The molecular weight excluding hydrogens is 456 g/mol. The lowest BCUT2D eigenvalue weighted by Crippen LogP contribution is -2.47. The minimum Gasteiger partial charge on any atom is -0.367 e. The van der Waals surface area contributed by atoms with Gasteiger partial charge in [-0.25, -0.2) is 4.79 Å². The van der Waals surface area contributed by atoms with Crippen molar-refractivity contribution in [2.45, 2.75) is 13.0 Å². The summed E-state index contributed by atoms with van der Waals surface area (Å²) in [6.45, 7) is 4.16. The van der Waals surface area contributed by atoms with E-state index in [1.807, 2.05) is 36.7 Å². The highest BCUT2D eigenvalue weighted by Crippen LogP contribution is 2.26. The number of aromatic nitrogens is 3. The molecule has 1 amide bonds. The van der Waals surface area contributed by atoms with Gasteiger partial charge in [-0.3, -0.25) is 24.0 Å². The normalized spacial score (nSPS) is 14.2. The van der Waals surface area contributed by atoms with Crippen molar-refractivity contribution >= 4 is 28.2 Å². The Morgan fingerprint density at radius 2 is 1.64 bits per heavy atom. The number of H-pyrrole nitrogens is 1. The van der Waals surface area contributed by atoms with Crippen LogP contribution in [-0.2, 0) is 17.8 Å². The van der Waals surface area contributed by atoms with Crippen molar-refractivity contribution in [3.63, 3.8) is 0 Å². The summed E-state index contributed by atoms with van der Waals surface area (Å²) in [7, 11) is 0. The Morgan fingerprint density at radius 3 is 2.44 bits per heavy atom. The minimum atomic E-state index is -0.606. The maximum Gasteiger partial charge on any atom is 0.329 e. The molecule has 0 unspecified atom stereocenters. The second-order valence-corrected chi connectivity index (χ2v) is 8.87. The van der Waals surface area contributed by atoms with E-state index in [2.05, 4.69) is 37.2 Å². The first-order valence-electron chi connectivity index (χ1n) is 12.1. The summed E-state index contributed by atoms with van der Waals surface area (Å²) < 4.78 is 0.932. The van der Waals surface area contributed by atoms with E-state index < -0.39 is 17.2 Å². The third-order valence-electron chi connectivity index (χ3n) is 6.55. The van der Waals surface area contributed by atoms with Crippen LogP contribution in [-0.4, -0.2) is 58.1 Å². The first-order chi connectivity index (χ1) is 17.6. The summed E-state index contributed by atoms with van der Waals surface area (Å²) in [6, 6.07) is 18.5. The first-order valence-corrected chi connectivity index (χ1v) is 12.1. The molecule has 184 valence electrons. The maximum atomic E-state index is 12.9. The highest BCUT2D eigenvalue weighted by molar-refractivity contribution is 5.94. The van der Waals surface area contributed by atoms with Crippen LogP contribution < -0.4 is 21.5 Å². The number of hydrogen-bond donors (Lipinski definition) is 2. The van der Waals surface area contributed by atoms with Gasteiger partial charge in [-0.1, -0.05) is 24.3 Å². The molecule has 0 spiro atoms. The number of carbonyl (C=O) groups excluding carboxylic acids is 1. The molecule has 1 aliphatic heterocycles. The SMILES string of the molecule is O=C(Cn1c(=O)[nH]c2ccccc2c1=O)Nc1ccccc1N1CCN(CCc2ccncc2)CC1. The van der Waals surface area contributed by atoms with E-state index in [0.29, 0.717) is 16.6 Å². The average molecular weight is 485 g/mol. The van der Waals surface area contributed by atoms with E-state index in [9.17, 15) is 14.4 Å². The number of para-hydroxylation sites is 3. The van der Waals surface area contributed by atoms with Crippen LogP contribution in [0.5, 0.6) is 0 Å². The number of piperazine rings is 1. The van der Waals surface area contributed by atoms with Crippen LogP contribution in [0.3, 0.4) is 0 Å². The van der Waals surface area contributed by atoms with Crippen LogP contribution in [0.25, 0.3) is 10.9 Å². The minimum absolute atomic E-state index is 0.365. The quantitative estimate of drug-likeness (QED) is 0.416. The number of rotatable bonds is 7. The molecule has 36 heavy (non-hydrogen) atoms. The van der Waals surface area contributed by atoms with Crippen LogP contribution in [0.15, 0.2) is 82.6 Å². The van der Waals surface area contributed by atoms with E-state index in [1.165, 1.54) is 5.56 Å². The third kappa shape index (κ3) is 5.21. The molecule has 5 rings (SSSR count). The molecule has 2 N–H and O–H groups in total. The number of amides is 1. The second kappa shape index (κ2) is 10.6. The van der Waals surface area contributed by atoms with Crippen LogP contribution in [0.4, 0.5) is 11.4 Å². The van der Waals surface area contributed by atoms with Gasteiger partial charge in [-0.05, 0) is 48.4 Å². The molecule has 0 saturated carbocycles. The second-order valence-electron chi connectivity index (χ2n) is 8.87. The molecule has 9 nitrogen and oxygen atoms in total. The molecule has 1 saturated heterocycles. The van der Waals surface area contributed by atoms with Gasteiger partial charge in [0.05, 0.1) is 22.3 Å². The Morgan fingerprint density at radius 1 is 0.917 bits per heavy atom. The molecule has 0 bridgehead atoms. The zero-order chi connectivity index (χ0) is 24.9. The van der Waals surface area contributed by atoms with Gasteiger partial charge in [0.15, 0.2) is 0 Å². The maximum absolute atomic E-state index is 12.9. The van der Waals surface area contributed by atoms with Crippen LogP contribution in [0, 0.1) is 0 Å². The van der Waals surface area contributed by atoms with Crippen LogP contribution >= 0.6 is 0 Å². The summed E-state index contributed by atoms with van der Waals surface area (Å²) in [5.74, 6) is -0.429. The third-order valence-corrected chi connectivity index (χ3v) is 6.55. The number of benzene rings is 2. The summed E-state index contributed by atoms with van der Waals surface area (Å²) in [5, 5.41) is 3.27. The summed E-state index contributed by atoms with van der Waals surface area (Å²) >= 11 is 0. The molecule has 9 heteroatoms. The van der Waals surface area contributed by atoms with Gasteiger partial charge in [0, 0.05) is 45.1 Å². The number of aromatic amines is 1. The predicted octanol–water partition coefficient (Wildman–Crippen LogP) is 2.09. The van der Waals surface area contributed by atoms with Gasteiger partial charge in [-0.15, -0.1) is 0 Å². The van der Waals surface area contributed by atoms with E-state index in [-0.39, 0.29) is 6.54 Å². The van der Waals surface area contributed by atoms with Crippen molar-refractivity contribution in [2.75, 3.05) is 42.9 Å². The van der Waals surface area contributed by atoms with Crippen molar-refractivity contribution in [1.82, 2.24) is 19.4 Å². The van der Waals surface area contributed by atoms with Gasteiger partial charge >= 0.3 is 5.69 Å². The number of pyridine rings is 1. The molecule has 3 heterocycles. The zero-order valence-corrected chi connectivity index (χ0v) is 19.9. The highest BCUT2D eigenvalue weighted by Gasteiger charge is 2.20. The standard InChI is InChI=1S/C27H28N6O3/c34-25(19-33-26(35)21-5-1-2-6-22(21)30-27(33)36)29-23-7-3-4-8-24(23)32-17-15-31(16-18-32)14-11-20-9-12-28-13-10-20/h1-10,12-13H,11,14-19H2,(H,29,34)(H,30,36). The Balaban J connectivity index is 1.23. The molecule has 1 aliphatic rings. The van der Waals surface area contributed by atoms with E-state index in [1.54, 1.807) is 24.3 Å². The van der Waals surface area contributed by atoms with Gasteiger partial charge in [0.25, 0.3) is 5.56 Å². The molecule has 1 fully saturated rings. The average Bonchev–Trinajstić information content (AvgIpc) is 2.91. The fraction of sp³-hybridized carbons (Fsp3) is 0.259. The topological polar surface area (TPSA) is 103 Å². The van der Waals surface area contributed by atoms with E-state index in [4.69, 9.17) is 0 Å². The fourth-order valence-electron chi connectivity index (χ4n) is 4.58. The summed E-state index contributed by atoms with van der Waals surface area (Å²) in [5.41, 5.74) is 2.24. The summed E-state index contributed by atoms with van der Waals surface area (Å²) in [6.07, 6.45) is 4.64. The zero-order valence-electron chi connectivity index (χ0n) is 19.9. The number of carbonyl (C=O) groups is 1. The predicted molar refractivity (Wildman–Crippen MR) is 140 cm³/mol. The molecule has 0 radical (unpaired) electrons. The van der Waals surface area contributed by atoms with Gasteiger partial charge in [0.2, 0.25) is 5.91 Å². The number of anilines is 2. The molecule has 4 aromatic rings. The lowest BCUT2D eigenvalue weighted by molar-refractivity contribution is -0.116. The lowest BCUT2D eigenvalue weighted by Gasteiger charge is -2.37. The molecule has 0 atom stereocenters. The van der Waals surface area contributed by atoms with Crippen molar-refractivity contribution in [3.8, 4) is 0 Å². The lowest BCUT2D eigenvalue weighted by atomic mass is 10.1. The number of hydrogen-bond acceptors (Lipinski definition) is 6. The number of fused-ring (bicyclic) bond motifs is 1. The van der Waals surface area contributed by atoms with Crippen molar-refractivity contribution in [2.24, 2.45) is 0 Å². The number of nitrogens with one attached hydrogen (secondary N) is 2. The Bertz CT molecular complexity index is 1470. The Hall–Kier alpha value is -4.24. The molecule has 0 aliphatic carbocycles. The smallest absolute Gasteiger partial charge is 0.329 e. The van der Waals surface area contributed by atoms with Crippen LogP contribution in [0.2, 0.25) is 0 Å². The van der Waals surface area contributed by atoms with E-state index >= 15 is 0 Å². The van der Waals surface area contributed by atoms with Gasteiger partial charge < -0.3 is 15.2 Å². The van der Waals surface area contributed by atoms with Crippen molar-refractivity contribution in [3.05, 3.63) is 99.5 Å². The summed E-state index contributed by atoms with van der Waals surface area (Å²) in [4.78, 5) is 49.5. The van der Waals surface area contributed by atoms with Gasteiger partial charge in [-0.2, -0.15) is 0 Å². The monoisotopic (exact) mass is 484 g/mol. The molecule has 2 aromatic heterocycles. The van der Waals surface area contributed by atoms with E-state index in [0.717, 1.165) is 49.4 Å². The highest BCUT2D eigenvalue weighted by atomic mass is 16.2. The van der Waals surface area contributed by atoms with Crippen molar-refractivity contribution < 1.29 is 4.79 Å². The molecule has 2 aromatic carbocycles. The van der Waals surface area contributed by atoms with Gasteiger partial charge in [0.1, 0.15) is 6.54 Å². The molecular formula is C27H28N6O3. The number of nitrogens with zero attached hydrogens (tertiary/aromatic N) is 4.